The summed E-state index contributed by atoms with van der Waals surface area (Å²) in [4.78, 5) is 17.4. The van der Waals surface area contributed by atoms with Crippen LogP contribution in [0.15, 0.2) is 47.4 Å². The van der Waals surface area contributed by atoms with Crippen LogP contribution in [0.3, 0.4) is 0 Å². The van der Waals surface area contributed by atoms with Crippen molar-refractivity contribution in [3.05, 3.63) is 74.8 Å². The van der Waals surface area contributed by atoms with Crippen molar-refractivity contribution in [2.45, 2.75) is 12.8 Å². The minimum absolute atomic E-state index is 0.0318. The van der Waals surface area contributed by atoms with E-state index in [0.29, 0.717) is 17.1 Å². The molecule has 0 bridgehead atoms. The van der Waals surface area contributed by atoms with Gasteiger partial charge in [0.25, 0.3) is 5.56 Å². The van der Waals surface area contributed by atoms with Crippen LogP contribution in [-0.4, -0.2) is 16.5 Å². The van der Waals surface area contributed by atoms with Crippen LogP contribution in [0.2, 0.25) is 5.02 Å². The number of aromatic nitrogens is 2. The van der Waals surface area contributed by atoms with E-state index in [-0.39, 0.29) is 5.56 Å². The van der Waals surface area contributed by atoms with Gasteiger partial charge in [0.15, 0.2) is 0 Å². The zero-order chi connectivity index (χ0) is 16.7. The maximum Gasteiger partial charge on any atom is 0.261 e. The lowest BCUT2D eigenvalue weighted by Crippen LogP contribution is -2.19. The van der Waals surface area contributed by atoms with Crippen molar-refractivity contribution in [3.8, 4) is 5.75 Å². The van der Waals surface area contributed by atoms with Crippen molar-refractivity contribution in [1.29, 1.82) is 0 Å². The van der Waals surface area contributed by atoms with Gasteiger partial charge < -0.3 is 4.74 Å². The third-order valence-electron chi connectivity index (χ3n) is 4.29. The molecule has 0 amide bonds. The van der Waals surface area contributed by atoms with Crippen molar-refractivity contribution >= 4 is 28.9 Å². The first-order chi connectivity index (χ1) is 11.7. The lowest BCUT2D eigenvalue weighted by Gasteiger charge is -2.06. The quantitative estimate of drug-likeness (QED) is 0.713. The average Bonchev–Trinajstić information content (AvgIpc) is 2.99. The Morgan fingerprint density at radius 3 is 2.71 bits per heavy atom. The van der Waals surface area contributed by atoms with Crippen molar-refractivity contribution in [2.24, 2.45) is 0 Å². The van der Waals surface area contributed by atoms with E-state index in [1.165, 1.54) is 4.40 Å². The SMILES string of the molecule is COc1ccc(/C=C2/CCc3c2nc2ccc(Cl)cn2c3=O)cc1. The molecule has 3 aromatic rings. The molecule has 4 nitrogen and oxygen atoms in total. The van der Waals surface area contributed by atoms with Crippen LogP contribution in [-0.2, 0) is 6.42 Å². The molecule has 0 fully saturated rings. The highest BCUT2D eigenvalue weighted by molar-refractivity contribution is 6.30. The minimum atomic E-state index is -0.0318. The summed E-state index contributed by atoms with van der Waals surface area (Å²) in [6.45, 7) is 0. The minimum Gasteiger partial charge on any atom is -0.497 e. The van der Waals surface area contributed by atoms with E-state index in [0.717, 1.165) is 34.6 Å². The molecule has 2 heterocycles. The molecule has 1 aliphatic carbocycles. The number of halogens is 1. The number of pyridine rings is 1. The maximum atomic E-state index is 12.7. The molecule has 0 saturated heterocycles. The molecule has 0 atom stereocenters. The van der Waals surface area contributed by atoms with E-state index in [1.807, 2.05) is 24.3 Å². The molecule has 120 valence electrons. The third kappa shape index (κ3) is 2.49. The van der Waals surface area contributed by atoms with Crippen molar-refractivity contribution in [3.63, 3.8) is 0 Å². The van der Waals surface area contributed by atoms with E-state index in [2.05, 4.69) is 11.1 Å². The highest BCUT2D eigenvalue weighted by Gasteiger charge is 2.22. The van der Waals surface area contributed by atoms with Crippen LogP contribution in [0.4, 0.5) is 0 Å². The highest BCUT2D eigenvalue weighted by atomic mass is 35.5. The van der Waals surface area contributed by atoms with Crippen molar-refractivity contribution in [2.75, 3.05) is 7.11 Å². The largest absolute Gasteiger partial charge is 0.497 e. The van der Waals surface area contributed by atoms with Gasteiger partial charge in [-0.15, -0.1) is 0 Å². The Bertz CT molecular complexity index is 1020. The van der Waals surface area contributed by atoms with Gasteiger partial charge in [-0.1, -0.05) is 23.7 Å². The Morgan fingerprint density at radius 2 is 1.96 bits per heavy atom. The summed E-state index contributed by atoms with van der Waals surface area (Å²) in [5.41, 5.74) is 4.30. The predicted molar refractivity (Wildman–Crippen MR) is 95.7 cm³/mol. The second-order valence-electron chi connectivity index (χ2n) is 5.76. The first-order valence-electron chi connectivity index (χ1n) is 7.71. The Morgan fingerprint density at radius 1 is 1.17 bits per heavy atom. The van der Waals surface area contributed by atoms with Crippen LogP contribution in [0, 0.1) is 0 Å². The monoisotopic (exact) mass is 338 g/mol. The summed E-state index contributed by atoms with van der Waals surface area (Å²) in [7, 11) is 1.65. The summed E-state index contributed by atoms with van der Waals surface area (Å²) in [5.74, 6) is 0.822. The molecule has 0 saturated carbocycles. The maximum absolute atomic E-state index is 12.7. The van der Waals surface area contributed by atoms with E-state index < -0.39 is 0 Å². The smallest absolute Gasteiger partial charge is 0.261 e. The Balaban J connectivity index is 1.83. The van der Waals surface area contributed by atoms with Gasteiger partial charge in [0.2, 0.25) is 0 Å². The lowest BCUT2D eigenvalue weighted by atomic mass is 10.1. The number of allylic oxidation sites excluding steroid dienone is 1. The van der Waals surface area contributed by atoms with Crippen LogP contribution in [0.1, 0.15) is 23.2 Å². The molecule has 0 radical (unpaired) electrons. The van der Waals surface area contributed by atoms with Crippen LogP contribution < -0.4 is 10.3 Å². The molecule has 2 aromatic heterocycles. The predicted octanol–water partition coefficient (Wildman–Crippen LogP) is 3.84. The molecule has 1 aromatic carbocycles. The first-order valence-corrected chi connectivity index (χ1v) is 8.09. The van der Waals surface area contributed by atoms with Gasteiger partial charge in [-0.05, 0) is 54.3 Å². The molecule has 4 rings (SSSR count). The highest BCUT2D eigenvalue weighted by Crippen LogP contribution is 2.31. The molecule has 24 heavy (non-hydrogen) atoms. The zero-order valence-electron chi connectivity index (χ0n) is 13.1. The molecular formula is C19H15ClN2O2. The normalized spacial score (nSPS) is 15.0. The van der Waals surface area contributed by atoms with Crippen LogP contribution in [0.25, 0.3) is 17.3 Å². The molecule has 0 N–H and O–H groups in total. The number of hydrogen-bond acceptors (Lipinski definition) is 3. The summed E-state index contributed by atoms with van der Waals surface area (Å²) >= 11 is 5.99. The van der Waals surface area contributed by atoms with Crippen LogP contribution >= 0.6 is 11.6 Å². The van der Waals surface area contributed by atoms with Gasteiger partial charge in [0.05, 0.1) is 17.8 Å². The molecule has 1 aliphatic rings. The van der Waals surface area contributed by atoms with Gasteiger partial charge >= 0.3 is 0 Å². The van der Waals surface area contributed by atoms with Crippen molar-refractivity contribution in [1.82, 2.24) is 9.38 Å². The number of benzene rings is 1. The number of nitrogens with zero attached hydrogens (tertiary/aromatic N) is 2. The summed E-state index contributed by atoms with van der Waals surface area (Å²) in [5, 5.41) is 0.526. The number of rotatable bonds is 2. The van der Waals surface area contributed by atoms with Crippen LogP contribution in [0.5, 0.6) is 5.75 Å². The fourth-order valence-electron chi connectivity index (χ4n) is 3.06. The Labute approximate surface area is 144 Å². The van der Waals surface area contributed by atoms with Gasteiger partial charge in [0.1, 0.15) is 11.4 Å². The van der Waals surface area contributed by atoms with Gasteiger partial charge in [-0.3, -0.25) is 9.20 Å². The first kappa shape index (κ1) is 15.0. The standard InChI is InChI=1S/C19H15ClN2O2/c1-24-15-6-2-12(3-7-15)10-13-4-8-16-18(13)21-17-9-5-14(20)11-22(17)19(16)23/h2-3,5-7,9-11H,4,8H2,1H3/b13-10-. The zero-order valence-corrected chi connectivity index (χ0v) is 13.9. The average molecular weight is 339 g/mol. The lowest BCUT2D eigenvalue weighted by molar-refractivity contribution is 0.415. The fraction of sp³-hybridized carbons (Fsp3) is 0.158. The summed E-state index contributed by atoms with van der Waals surface area (Å²) in [6.07, 6.45) is 5.23. The van der Waals surface area contributed by atoms with E-state index in [4.69, 9.17) is 16.3 Å². The molecule has 0 unspecified atom stereocenters. The number of fused-ring (bicyclic) bond motifs is 2. The summed E-state index contributed by atoms with van der Waals surface area (Å²) in [6, 6.07) is 11.4. The molecule has 0 spiro atoms. The van der Waals surface area contributed by atoms with Gasteiger partial charge in [-0.2, -0.15) is 0 Å². The Hall–Kier alpha value is -2.59. The molecule has 0 aliphatic heterocycles. The summed E-state index contributed by atoms with van der Waals surface area (Å²) < 4.78 is 6.71. The van der Waals surface area contributed by atoms with Crippen molar-refractivity contribution < 1.29 is 4.74 Å². The molecular weight excluding hydrogens is 324 g/mol. The number of hydrogen-bond donors (Lipinski definition) is 0. The second-order valence-corrected chi connectivity index (χ2v) is 6.20. The number of ether oxygens (including phenoxy) is 1. The van der Waals surface area contributed by atoms with E-state index in [1.54, 1.807) is 25.4 Å². The van der Waals surface area contributed by atoms with Gasteiger partial charge in [0, 0.05) is 11.8 Å². The fourth-order valence-corrected chi connectivity index (χ4v) is 3.22. The third-order valence-corrected chi connectivity index (χ3v) is 4.51. The topological polar surface area (TPSA) is 43.6 Å². The molecule has 5 heteroatoms. The Kier molecular flexibility index (Phi) is 3.62. The van der Waals surface area contributed by atoms with E-state index >= 15 is 0 Å². The second kappa shape index (κ2) is 5.80. The van der Waals surface area contributed by atoms with E-state index in [9.17, 15) is 4.79 Å². The van der Waals surface area contributed by atoms with Gasteiger partial charge in [-0.25, -0.2) is 4.98 Å². The number of methoxy groups -OCH3 is 1.